The van der Waals surface area contributed by atoms with Gasteiger partial charge >= 0.3 is 21.7 Å². The molecule has 1 aliphatic carbocycles. The van der Waals surface area contributed by atoms with Gasteiger partial charge in [-0.15, -0.1) is 6.42 Å². The van der Waals surface area contributed by atoms with Gasteiger partial charge in [-0.3, -0.25) is 6.08 Å². The summed E-state index contributed by atoms with van der Waals surface area (Å²) in [4.78, 5) is 0. The van der Waals surface area contributed by atoms with Crippen LogP contribution < -0.4 is 37.2 Å². The van der Waals surface area contributed by atoms with Crippen LogP contribution in [-0.4, -0.2) is 0 Å². The van der Waals surface area contributed by atoms with Gasteiger partial charge in [-0.1, -0.05) is 23.8 Å². The van der Waals surface area contributed by atoms with Crippen LogP contribution in [0.1, 0.15) is 23.1 Å². The van der Waals surface area contributed by atoms with Crippen molar-refractivity contribution in [3.05, 3.63) is 58.7 Å². The Morgan fingerprint density at radius 3 is 2.28 bits per heavy atom. The van der Waals surface area contributed by atoms with Crippen molar-refractivity contribution in [1.82, 2.24) is 0 Å². The topological polar surface area (TPSA) is 0 Å². The van der Waals surface area contributed by atoms with E-state index in [0.717, 1.165) is 12.8 Å². The predicted octanol–water partition coefficient (Wildman–Crippen LogP) is -5.46. The van der Waals surface area contributed by atoms with Gasteiger partial charge in [0.1, 0.15) is 0 Å². The number of benzene rings is 1. The van der Waals surface area contributed by atoms with Crippen LogP contribution in [0.25, 0.3) is 0 Å². The van der Waals surface area contributed by atoms with Crippen molar-refractivity contribution < 1.29 is 58.9 Å². The molecule has 0 aromatic heterocycles. The molecular weight excluding hydrogens is 322 g/mol. The molecule has 0 nitrogen and oxygen atoms in total. The van der Waals surface area contributed by atoms with Crippen LogP contribution >= 0.6 is 0 Å². The second kappa shape index (κ2) is 11.1. The minimum absolute atomic E-state index is 0. The van der Waals surface area contributed by atoms with E-state index in [9.17, 15) is 0 Å². The fourth-order valence-corrected chi connectivity index (χ4v) is 1.82. The molecule has 0 atom stereocenters. The predicted molar refractivity (Wildman–Crippen MR) is 60.1 cm³/mol. The molecular formula is C14H15Cl3Ti. The van der Waals surface area contributed by atoms with E-state index >= 15 is 0 Å². The average Bonchev–Trinajstić information content (AvgIpc) is 2.62. The molecule has 0 fully saturated rings. The summed E-state index contributed by atoms with van der Waals surface area (Å²) in [5, 5.41) is 0. The summed E-state index contributed by atoms with van der Waals surface area (Å²) < 4.78 is 0. The molecule has 0 aliphatic heterocycles. The van der Waals surface area contributed by atoms with Crippen LogP contribution in [0.5, 0.6) is 0 Å². The van der Waals surface area contributed by atoms with E-state index in [2.05, 4.69) is 50.3 Å². The van der Waals surface area contributed by atoms with Gasteiger partial charge in [0, 0.05) is 0 Å². The largest absolute Gasteiger partial charge is 4.00 e. The first kappa shape index (κ1) is 23.4. The molecule has 0 spiro atoms. The minimum Gasteiger partial charge on any atom is -1.00 e. The first-order chi connectivity index (χ1) is 6.75. The molecule has 1 aromatic rings. The van der Waals surface area contributed by atoms with Crippen LogP contribution in [0, 0.1) is 19.9 Å². The Balaban J connectivity index is -0.000000562. The normalized spacial score (nSPS) is 11.3. The van der Waals surface area contributed by atoms with Crippen LogP contribution in [0.3, 0.4) is 0 Å². The molecule has 18 heavy (non-hydrogen) atoms. The molecule has 0 saturated carbocycles. The summed E-state index contributed by atoms with van der Waals surface area (Å²) >= 11 is 0. The van der Waals surface area contributed by atoms with Gasteiger partial charge in [-0.25, -0.2) is 11.6 Å². The SMILES string of the molecule is Cc1ccc(CC2=[C-]CC=C2)c(C)c1.[Cl-].[Cl-].[Cl-].[Ti+4]. The van der Waals surface area contributed by atoms with E-state index in [4.69, 9.17) is 0 Å². The van der Waals surface area contributed by atoms with E-state index in [1.165, 1.54) is 22.3 Å². The van der Waals surface area contributed by atoms with Gasteiger partial charge in [0.05, 0.1) is 0 Å². The van der Waals surface area contributed by atoms with Crippen LogP contribution in [0.4, 0.5) is 0 Å². The van der Waals surface area contributed by atoms with Gasteiger partial charge in [-0.2, -0.15) is 6.08 Å². The molecule has 0 radical (unpaired) electrons. The summed E-state index contributed by atoms with van der Waals surface area (Å²) in [6.07, 6.45) is 9.71. The first-order valence-electron chi connectivity index (χ1n) is 5.08. The van der Waals surface area contributed by atoms with E-state index in [1.807, 2.05) is 0 Å². The van der Waals surface area contributed by atoms with E-state index in [0.29, 0.717) is 0 Å². The summed E-state index contributed by atoms with van der Waals surface area (Å²) in [5.74, 6) is 0. The third-order valence-electron chi connectivity index (χ3n) is 2.65. The van der Waals surface area contributed by atoms with Crippen molar-refractivity contribution in [3.8, 4) is 0 Å². The van der Waals surface area contributed by atoms with Crippen LogP contribution in [0.15, 0.2) is 35.9 Å². The molecule has 96 valence electrons. The maximum atomic E-state index is 3.35. The van der Waals surface area contributed by atoms with Crippen molar-refractivity contribution in [3.63, 3.8) is 0 Å². The molecule has 1 aromatic carbocycles. The number of aryl methyl sites for hydroxylation is 2. The molecule has 1 aliphatic rings. The maximum absolute atomic E-state index is 3.35. The molecule has 0 N–H and O–H groups in total. The van der Waals surface area contributed by atoms with Gasteiger partial charge in [0.2, 0.25) is 0 Å². The Morgan fingerprint density at radius 1 is 1.11 bits per heavy atom. The quantitative estimate of drug-likeness (QED) is 0.373. The zero-order valence-electron chi connectivity index (χ0n) is 10.4. The van der Waals surface area contributed by atoms with Gasteiger partial charge in [0.15, 0.2) is 0 Å². The maximum Gasteiger partial charge on any atom is 4.00 e. The van der Waals surface area contributed by atoms with Crippen LogP contribution in [-0.2, 0) is 28.1 Å². The summed E-state index contributed by atoms with van der Waals surface area (Å²) in [6, 6.07) is 6.65. The zero-order chi connectivity index (χ0) is 9.97. The van der Waals surface area contributed by atoms with E-state index in [1.54, 1.807) is 0 Å². The molecule has 0 saturated heterocycles. The molecule has 0 unspecified atom stereocenters. The van der Waals surface area contributed by atoms with Crippen molar-refractivity contribution >= 4 is 0 Å². The van der Waals surface area contributed by atoms with Gasteiger partial charge < -0.3 is 37.2 Å². The van der Waals surface area contributed by atoms with Crippen molar-refractivity contribution in [2.75, 3.05) is 0 Å². The Hall–Kier alpha value is 0.284. The monoisotopic (exact) mass is 336 g/mol. The third kappa shape index (κ3) is 6.45. The first-order valence-corrected chi connectivity index (χ1v) is 5.08. The molecule has 0 amide bonds. The molecule has 0 heterocycles. The van der Waals surface area contributed by atoms with Crippen molar-refractivity contribution in [2.45, 2.75) is 26.7 Å². The summed E-state index contributed by atoms with van der Waals surface area (Å²) in [7, 11) is 0. The Labute approximate surface area is 143 Å². The second-order valence-corrected chi connectivity index (χ2v) is 3.92. The second-order valence-electron chi connectivity index (χ2n) is 3.92. The molecule has 2 rings (SSSR count). The van der Waals surface area contributed by atoms with E-state index in [-0.39, 0.29) is 58.9 Å². The fourth-order valence-electron chi connectivity index (χ4n) is 1.82. The number of hydrogen-bond acceptors (Lipinski definition) is 0. The fraction of sp³-hybridized carbons (Fsp3) is 0.286. The summed E-state index contributed by atoms with van der Waals surface area (Å²) in [5.41, 5.74) is 5.48. The number of rotatable bonds is 2. The number of hydrogen-bond donors (Lipinski definition) is 0. The van der Waals surface area contributed by atoms with Gasteiger partial charge in [-0.05, 0) is 31.4 Å². The Morgan fingerprint density at radius 2 is 1.78 bits per heavy atom. The van der Waals surface area contributed by atoms with Gasteiger partial charge in [0.25, 0.3) is 0 Å². The number of halogens is 3. The average molecular weight is 338 g/mol. The Kier molecular flexibility index (Phi) is 14.5. The van der Waals surface area contributed by atoms with Crippen LogP contribution in [0.2, 0.25) is 0 Å². The van der Waals surface area contributed by atoms with Crippen molar-refractivity contribution in [2.24, 2.45) is 0 Å². The Bertz CT molecular complexity index is 412. The smallest absolute Gasteiger partial charge is 1.00 e. The standard InChI is InChI=1S/C14H15.3ClH.Ti/c1-11-7-8-14(12(2)9-11)10-13-5-3-4-6-13;;;;/h3,5,7-9H,4,10H2,1-2H3;3*1H;/q-1;;;;+4/p-3. The molecule has 4 heteroatoms. The summed E-state index contributed by atoms with van der Waals surface area (Å²) in [6.45, 7) is 4.32. The minimum atomic E-state index is 0. The third-order valence-corrected chi connectivity index (χ3v) is 2.65. The zero-order valence-corrected chi connectivity index (χ0v) is 14.3. The number of allylic oxidation sites excluding steroid dienone is 4. The molecule has 0 bridgehead atoms. The van der Waals surface area contributed by atoms with E-state index < -0.39 is 0 Å². The van der Waals surface area contributed by atoms with Crippen molar-refractivity contribution in [1.29, 1.82) is 0 Å².